The first kappa shape index (κ1) is 13.1. The molecule has 0 atom stereocenters. The number of nitrogens with one attached hydrogen (secondary N) is 2. The van der Waals surface area contributed by atoms with Crippen LogP contribution in [0.4, 0.5) is 8.78 Å². The molecule has 0 aliphatic rings. The Bertz CT molecular complexity index is 327. The van der Waals surface area contributed by atoms with Gasteiger partial charge in [-0.2, -0.15) is 0 Å². The van der Waals surface area contributed by atoms with Crippen LogP contribution in [0, 0.1) is 11.6 Å². The molecule has 1 rings (SSSR count). The molecule has 0 radical (unpaired) electrons. The third-order valence-corrected chi connectivity index (χ3v) is 2.18. The maximum Gasteiger partial charge on any atom is 0.130 e. The Kier molecular flexibility index (Phi) is 5.35. The molecule has 0 aliphatic carbocycles. The molecule has 16 heavy (non-hydrogen) atoms. The number of hydrogen-bond donors (Lipinski definition) is 2. The van der Waals surface area contributed by atoms with Gasteiger partial charge in [0.1, 0.15) is 11.6 Å². The normalized spacial score (nSPS) is 11.1. The molecule has 0 spiro atoms. The molecule has 0 unspecified atom stereocenters. The summed E-state index contributed by atoms with van der Waals surface area (Å²) >= 11 is 0. The summed E-state index contributed by atoms with van der Waals surface area (Å²) in [5.74, 6) is -1.04. The van der Waals surface area contributed by atoms with E-state index < -0.39 is 11.6 Å². The van der Waals surface area contributed by atoms with Gasteiger partial charge in [0.2, 0.25) is 0 Å². The van der Waals surface area contributed by atoms with E-state index in [1.165, 1.54) is 12.1 Å². The van der Waals surface area contributed by atoms with Crippen molar-refractivity contribution in [3.8, 4) is 0 Å². The summed E-state index contributed by atoms with van der Waals surface area (Å²) in [6.07, 6.45) is 0. The fourth-order valence-electron chi connectivity index (χ4n) is 1.34. The Hall–Kier alpha value is -1.00. The predicted molar refractivity (Wildman–Crippen MR) is 61.2 cm³/mol. The molecule has 1 aromatic rings. The molecular weight excluding hydrogens is 210 g/mol. The highest BCUT2D eigenvalue weighted by atomic mass is 19.1. The zero-order valence-electron chi connectivity index (χ0n) is 9.69. The Labute approximate surface area is 95.1 Å². The molecule has 90 valence electrons. The highest BCUT2D eigenvalue weighted by Gasteiger charge is 2.02. The van der Waals surface area contributed by atoms with Crippen LogP contribution in [0.2, 0.25) is 0 Å². The highest BCUT2D eigenvalue weighted by molar-refractivity contribution is 5.18. The second-order valence-corrected chi connectivity index (χ2v) is 4.02. The maximum absolute atomic E-state index is 13.2. The van der Waals surface area contributed by atoms with E-state index in [2.05, 4.69) is 24.5 Å². The third-order valence-electron chi connectivity index (χ3n) is 2.18. The van der Waals surface area contributed by atoms with Crippen LogP contribution >= 0.6 is 0 Å². The molecule has 1 aromatic carbocycles. The van der Waals surface area contributed by atoms with E-state index in [1.807, 2.05) is 0 Å². The fourth-order valence-corrected chi connectivity index (χ4v) is 1.34. The summed E-state index contributed by atoms with van der Waals surface area (Å²) in [6.45, 7) is 6.15. The van der Waals surface area contributed by atoms with E-state index >= 15 is 0 Å². The van der Waals surface area contributed by atoms with Crippen LogP contribution in [0.25, 0.3) is 0 Å². The average Bonchev–Trinajstić information content (AvgIpc) is 2.20. The van der Waals surface area contributed by atoms with Crippen molar-refractivity contribution in [3.63, 3.8) is 0 Å². The fraction of sp³-hybridized carbons (Fsp3) is 0.500. The lowest BCUT2D eigenvalue weighted by atomic mass is 10.2. The van der Waals surface area contributed by atoms with Crippen molar-refractivity contribution in [2.24, 2.45) is 0 Å². The lowest BCUT2D eigenvalue weighted by Gasteiger charge is -2.09. The standard InChI is InChI=1S/C12H18F2N2/c1-9(2)16-6-5-15-8-10-3-4-11(13)7-12(10)14/h3-4,7,9,15-16H,5-6,8H2,1-2H3. The lowest BCUT2D eigenvalue weighted by molar-refractivity contribution is 0.537. The van der Waals surface area contributed by atoms with Crippen LogP contribution in [-0.4, -0.2) is 19.1 Å². The Morgan fingerprint density at radius 3 is 2.56 bits per heavy atom. The van der Waals surface area contributed by atoms with Gasteiger partial charge >= 0.3 is 0 Å². The van der Waals surface area contributed by atoms with Gasteiger partial charge in [-0.1, -0.05) is 19.9 Å². The summed E-state index contributed by atoms with van der Waals surface area (Å²) in [4.78, 5) is 0. The van der Waals surface area contributed by atoms with Crippen molar-refractivity contribution >= 4 is 0 Å². The minimum Gasteiger partial charge on any atom is -0.313 e. The molecule has 4 heteroatoms. The molecule has 0 aromatic heterocycles. The van der Waals surface area contributed by atoms with Crippen LogP contribution < -0.4 is 10.6 Å². The summed E-state index contributed by atoms with van der Waals surface area (Å²) in [6, 6.07) is 4.09. The molecular formula is C12H18F2N2. The second-order valence-electron chi connectivity index (χ2n) is 4.02. The van der Waals surface area contributed by atoms with Crippen molar-refractivity contribution < 1.29 is 8.78 Å². The summed E-state index contributed by atoms with van der Waals surface area (Å²) in [7, 11) is 0. The van der Waals surface area contributed by atoms with Gasteiger partial charge in [-0.05, 0) is 6.07 Å². The molecule has 2 nitrogen and oxygen atoms in total. The zero-order chi connectivity index (χ0) is 12.0. The van der Waals surface area contributed by atoms with Crippen molar-refractivity contribution in [3.05, 3.63) is 35.4 Å². The quantitative estimate of drug-likeness (QED) is 0.728. The monoisotopic (exact) mass is 228 g/mol. The highest BCUT2D eigenvalue weighted by Crippen LogP contribution is 2.08. The van der Waals surface area contributed by atoms with Gasteiger partial charge in [-0.3, -0.25) is 0 Å². The first-order chi connectivity index (χ1) is 7.59. The topological polar surface area (TPSA) is 24.1 Å². The average molecular weight is 228 g/mol. The van der Waals surface area contributed by atoms with E-state index in [0.29, 0.717) is 18.2 Å². The Balaban J connectivity index is 2.27. The van der Waals surface area contributed by atoms with Crippen LogP contribution in [0.3, 0.4) is 0 Å². The third kappa shape index (κ3) is 4.68. The number of halogens is 2. The first-order valence-corrected chi connectivity index (χ1v) is 5.47. The lowest BCUT2D eigenvalue weighted by Crippen LogP contribution is -2.31. The molecule has 0 saturated heterocycles. The van der Waals surface area contributed by atoms with Gasteiger partial charge in [0.15, 0.2) is 0 Å². The molecule has 2 N–H and O–H groups in total. The largest absolute Gasteiger partial charge is 0.313 e. The minimum absolute atomic E-state index is 0.423. The molecule has 0 saturated carbocycles. The summed E-state index contributed by atoms with van der Waals surface area (Å²) in [5, 5.41) is 6.33. The molecule has 0 heterocycles. The van der Waals surface area contributed by atoms with Gasteiger partial charge < -0.3 is 10.6 Å². The van der Waals surface area contributed by atoms with Gasteiger partial charge in [0, 0.05) is 37.3 Å². The molecule has 0 amide bonds. The number of rotatable bonds is 6. The van der Waals surface area contributed by atoms with Crippen LogP contribution in [0.5, 0.6) is 0 Å². The summed E-state index contributed by atoms with van der Waals surface area (Å²) in [5.41, 5.74) is 0.492. The van der Waals surface area contributed by atoms with E-state index in [-0.39, 0.29) is 0 Å². The van der Waals surface area contributed by atoms with Gasteiger partial charge in [-0.15, -0.1) is 0 Å². The maximum atomic E-state index is 13.2. The van der Waals surface area contributed by atoms with E-state index in [0.717, 1.165) is 19.2 Å². The van der Waals surface area contributed by atoms with Crippen LogP contribution in [0.1, 0.15) is 19.4 Å². The van der Waals surface area contributed by atoms with Gasteiger partial charge in [-0.25, -0.2) is 8.78 Å². The predicted octanol–water partition coefficient (Wildman–Crippen LogP) is 2.05. The van der Waals surface area contributed by atoms with Gasteiger partial charge in [0.05, 0.1) is 0 Å². The van der Waals surface area contributed by atoms with Crippen LogP contribution in [0.15, 0.2) is 18.2 Å². The zero-order valence-corrected chi connectivity index (χ0v) is 9.69. The molecule has 0 fully saturated rings. The minimum atomic E-state index is -0.539. The van der Waals surface area contributed by atoms with E-state index in [4.69, 9.17) is 0 Å². The Morgan fingerprint density at radius 2 is 1.94 bits per heavy atom. The van der Waals surface area contributed by atoms with Crippen molar-refractivity contribution in [1.82, 2.24) is 10.6 Å². The SMILES string of the molecule is CC(C)NCCNCc1ccc(F)cc1F. The van der Waals surface area contributed by atoms with Gasteiger partial charge in [0.25, 0.3) is 0 Å². The van der Waals surface area contributed by atoms with Crippen molar-refractivity contribution in [2.45, 2.75) is 26.4 Å². The second kappa shape index (κ2) is 6.55. The number of benzene rings is 1. The molecule has 0 bridgehead atoms. The number of hydrogen-bond acceptors (Lipinski definition) is 2. The van der Waals surface area contributed by atoms with Crippen molar-refractivity contribution in [2.75, 3.05) is 13.1 Å². The Morgan fingerprint density at radius 1 is 1.19 bits per heavy atom. The smallest absolute Gasteiger partial charge is 0.130 e. The van der Waals surface area contributed by atoms with Crippen molar-refractivity contribution in [1.29, 1.82) is 0 Å². The first-order valence-electron chi connectivity index (χ1n) is 5.47. The summed E-state index contributed by atoms with van der Waals surface area (Å²) < 4.78 is 25.8. The molecule has 0 aliphatic heterocycles. The van der Waals surface area contributed by atoms with E-state index in [9.17, 15) is 8.78 Å². The van der Waals surface area contributed by atoms with E-state index in [1.54, 1.807) is 0 Å². The van der Waals surface area contributed by atoms with Crippen LogP contribution in [-0.2, 0) is 6.54 Å².